The molecule has 0 aliphatic heterocycles. The summed E-state index contributed by atoms with van der Waals surface area (Å²) < 4.78 is 1.72. The summed E-state index contributed by atoms with van der Waals surface area (Å²) in [5.74, 6) is 1.65. The SMILES string of the molecule is CCNC(=NCc1ncnn1C)NC(C)C. The zero-order valence-electron chi connectivity index (χ0n) is 10.4. The Bertz CT molecular complexity index is 341. The van der Waals surface area contributed by atoms with Crippen molar-refractivity contribution in [3.8, 4) is 0 Å². The number of rotatable bonds is 4. The Hall–Kier alpha value is -1.59. The zero-order valence-corrected chi connectivity index (χ0v) is 10.4. The summed E-state index contributed by atoms with van der Waals surface area (Å²) >= 11 is 0. The molecule has 0 saturated heterocycles. The van der Waals surface area contributed by atoms with E-state index in [1.807, 2.05) is 14.0 Å². The molecule has 0 amide bonds. The minimum atomic E-state index is 0.359. The van der Waals surface area contributed by atoms with Crippen LogP contribution in [0.25, 0.3) is 0 Å². The van der Waals surface area contributed by atoms with E-state index in [2.05, 4.69) is 39.6 Å². The van der Waals surface area contributed by atoms with Gasteiger partial charge in [-0.15, -0.1) is 0 Å². The molecule has 0 spiro atoms. The van der Waals surface area contributed by atoms with Crippen molar-refractivity contribution in [2.24, 2.45) is 12.0 Å². The molecular formula is C10H20N6. The van der Waals surface area contributed by atoms with Gasteiger partial charge in [-0.2, -0.15) is 5.10 Å². The third-order valence-corrected chi connectivity index (χ3v) is 1.95. The van der Waals surface area contributed by atoms with Gasteiger partial charge in [0.25, 0.3) is 0 Å². The summed E-state index contributed by atoms with van der Waals surface area (Å²) in [6.07, 6.45) is 1.54. The summed E-state index contributed by atoms with van der Waals surface area (Å²) in [6.45, 7) is 7.57. The van der Waals surface area contributed by atoms with Crippen LogP contribution in [0.5, 0.6) is 0 Å². The number of guanidine groups is 1. The first-order chi connectivity index (χ1) is 7.63. The van der Waals surface area contributed by atoms with E-state index in [0.29, 0.717) is 12.6 Å². The van der Waals surface area contributed by atoms with E-state index in [-0.39, 0.29) is 0 Å². The molecule has 0 atom stereocenters. The zero-order chi connectivity index (χ0) is 12.0. The average molecular weight is 224 g/mol. The van der Waals surface area contributed by atoms with Gasteiger partial charge in [0.2, 0.25) is 0 Å². The molecule has 0 aliphatic carbocycles. The summed E-state index contributed by atoms with van der Waals surface area (Å²) in [5, 5.41) is 10.4. The molecule has 16 heavy (non-hydrogen) atoms. The lowest BCUT2D eigenvalue weighted by molar-refractivity contribution is 0.680. The molecular weight excluding hydrogens is 204 g/mol. The van der Waals surface area contributed by atoms with Gasteiger partial charge in [-0.3, -0.25) is 4.68 Å². The lowest BCUT2D eigenvalue weighted by Gasteiger charge is -2.13. The van der Waals surface area contributed by atoms with E-state index in [4.69, 9.17) is 0 Å². The molecule has 0 unspecified atom stereocenters. The van der Waals surface area contributed by atoms with Crippen molar-refractivity contribution in [1.82, 2.24) is 25.4 Å². The van der Waals surface area contributed by atoms with E-state index in [0.717, 1.165) is 18.3 Å². The number of aryl methyl sites for hydroxylation is 1. The van der Waals surface area contributed by atoms with Gasteiger partial charge in [-0.05, 0) is 20.8 Å². The number of nitrogens with zero attached hydrogens (tertiary/aromatic N) is 4. The molecule has 1 aromatic rings. The summed E-state index contributed by atoms with van der Waals surface area (Å²) in [4.78, 5) is 8.54. The van der Waals surface area contributed by atoms with Gasteiger partial charge < -0.3 is 10.6 Å². The Morgan fingerprint density at radius 1 is 1.56 bits per heavy atom. The Kier molecular flexibility index (Phi) is 4.75. The first-order valence-electron chi connectivity index (χ1n) is 5.51. The largest absolute Gasteiger partial charge is 0.357 e. The fourth-order valence-corrected chi connectivity index (χ4v) is 1.21. The molecule has 0 fully saturated rings. The minimum absolute atomic E-state index is 0.359. The van der Waals surface area contributed by atoms with Gasteiger partial charge >= 0.3 is 0 Å². The molecule has 6 heteroatoms. The van der Waals surface area contributed by atoms with E-state index in [9.17, 15) is 0 Å². The number of aromatic nitrogens is 3. The molecule has 1 rings (SSSR count). The molecule has 6 nitrogen and oxygen atoms in total. The number of nitrogens with one attached hydrogen (secondary N) is 2. The van der Waals surface area contributed by atoms with Crippen LogP contribution in [0.1, 0.15) is 26.6 Å². The maximum absolute atomic E-state index is 4.43. The third kappa shape index (κ3) is 3.88. The molecule has 0 bridgehead atoms. The van der Waals surface area contributed by atoms with Gasteiger partial charge in [0.05, 0.1) is 0 Å². The smallest absolute Gasteiger partial charge is 0.191 e. The van der Waals surface area contributed by atoms with Crippen molar-refractivity contribution in [3.63, 3.8) is 0 Å². The van der Waals surface area contributed by atoms with E-state index in [1.54, 1.807) is 4.68 Å². The normalized spacial score (nSPS) is 11.9. The second kappa shape index (κ2) is 6.09. The van der Waals surface area contributed by atoms with Crippen LogP contribution >= 0.6 is 0 Å². The van der Waals surface area contributed by atoms with Gasteiger partial charge in [0.15, 0.2) is 5.96 Å². The Balaban J connectivity index is 2.60. The fraction of sp³-hybridized carbons (Fsp3) is 0.700. The predicted molar refractivity (Wildman–Crippen MR) is 64.1 cm³/mol. The molecule has 0 aliphatic rings. The molecule has 0 radical (unpaired) electrons. The van der Waals surface area contributed by atoms with Gasteiger partial charge in [-0.25, -0.2) is 9.98 Å². The maximum atomic E-state index is 4.43. The maximum Gasteiger partial charge on any atom is 0.191 e. The first-order valence-corrected chi connectivity index (χ1v) is 5.51. The standard InChI is InChI=1S/C10H20N6/c1-5-11-10(15-8(2)3)12-6-9-13-7-14-16(9)4/h7-8H,5-6H2,1-4H3,(H2,11,12,15). The lowest BCUT2D eigenvalue weighted by atomic mass is 10.4. The van der Waals surface area contributed by atoms with Gasteiger partial charge in [0, 0.05) is 19.6 Å². The van der Waals surface area contributed by atoms with E-state index in [1.165, 1.54) is 6.33 Å². The van der Waals surface area contributed by atoms with Crippen LogP contribution in [0.2, 0.25) is 0 Å². The van der Waals surface area contributed by atoms with Crippen molar-refractivity contribution in [3.05, 3.63) is 12.2 Å². The second-order valence-corrected chi connectivity index (χ2v) is 3.79. The van der Waals surface area contributed by atoms with Crippen LogP contribution in [0.3, 0.4) is 0 Å². The van der Waals surface area contributed by atoms with E-state index >= 15 is 0 Å². The highest BCUT2D eigenvalue weighted by Gasteiger charge is 2.02. The van der Waals surface area contributed by atoms with Gasteiger partial charge in [-0.1, -0.05) is 0 Å². The molecule has 1 heterocycles. The third-order valence-electron chi connectivity index (χ3n) is 1.95. The van der Waals surface area contributed by atoms with Crippen molar-refractivity contribution in [2.75, 3.05) is 6.54 Å². The molecule has 0 aromatic carbocycles. The van der Waals surface area contributed by atoms with Crippen LogP contribution in [0.4, 0.5) is 0 Å². The number of hydrogen-bond donors (Lipinski definition) is 2. The van der Waals surface area contributed by atoms with E-state index < -0.39 is 0 Å². The highest BCUT2D eigenvalue weighted by molar-refractivity contribution is 5.79. The second-order valence-electron chi connectivity index (χ2n) is 3.79. The Morgan fingerprint density at radius 2 is 2.31 bits per heavy atom. The summed E-state index contributed by atoms with van der Waals surface area (Å²) in [5.41, 5.74) is 0. The average Bonchev–Trinajstić information content (AvgIpc) is 2.60. The van der Waals surface area contributed by atoms with Crippen molar-refractivity contribution in [1.29, 1.82) is 0 Å². The quantitative estimate of drug-likeness (QED) is 0.569. The fourth-order valence-electron chi connectivity index (χ4n) is 1.21. The topological polar surface area (TPSA) is 67.1 Å². The predicted octanol–water partition coefficient (Wildman–Crippen LogP) is 0.279. The van der Waals surface area contributed by atoms with Crippen LogP contribution < -0.4 is 10.6 Å². The highest BCUT2D eigenvalue weighted by Crippen LogP contribution is 1.93. The summed E-state index contributed by atoms with van der Waals surface area (Å²) in [6, 6.07) is 0.359. The molecule has 1 aromatic heterocycles. The highest BCUT2D eigenvalue weighted by atomic mass is 15.3. The van der Waals surface area contributed by atoms with Crippen molar-refractivity contribution < 1.29 is 0 Å². The first kappa shape index (κ1) is 12.5. The molecule has 0 saturated carbocycles. The van der Waals surface area contributed by atoms with Crippen LogP contribution in [0.15, 0.2) is 11.3 Å². The molecule has 2 N–H and O–H groups in total. The number of hydrogen-bond acceptors (Lipinski definition) is 3. The minimum Gasteiger partial charge on any atom is -0.357 e. The van der Waals surface area contributed by atoms with Gasteiger partial charge in [0.1, 0.15) is 18.7 Å². The van der Waals surface area contributed by atoms with Crippen LogP contribution in [0, 0.1) is 0 Å². The van der Waals surface area contributed by atoms with Crippen LogP contribution in [-0.2, 0) is 13.6 Å². The monoisotopic (exact) mass is 224 g/mol. The Labute approximate surface area is 96.2 Å². The number of aliphatic imine (C=N–C) groups is 1. The Morgan fingerprint density at radius 3 is 2.81 bits per heavy atom. The lowest BCUT2D eigenvalue weighted by Crippen LogP contribution is -2.41. The van der Waals surface area contributed by atoms with Crippen molar-refractivity contribution in [2.45, 2.75) is 33.4 Å². The summed E-state index contributed by atoms with van der Waals surface area (Å²) in [7, 11) is 1.86. The van der Waals surface area contributed by atoms with Crippen molar-refractivity contribution >= 4 is 5.96 Å². The molecule has 90 valence electrons. The van der Waals surface area contributed by atoms with Crippen LogP contribution in [-0.4, -0.2) is 33.3 Å².